The van der Waals surface area contributed by atoms with Gasteiger partial charge in [0.15, 0.2) is 0 Å². The van der Waals surface area contributed by atoms with E-state index >= 15 is 0 Å². The minimum atomic E-state index is -0.375. The second kappa shape index (κ2) is 2.71. The molecule has 12 heavy (non-hydrogen) atoms. The Labute approximate surface area is 74.7 Å². The van der Waals surface area contributed by atoms with Crippen LogP contribution in [0.15, 0.2) is 0 Å². The van der Waals surface area contributed by atoms with E-state index in [1.165, 1.54) is 25.7 Å². The summed E-state index contributed by atoms with van der Waals surface area (Å²) in [6.07, 6.45) is 6.43. The van der Waals surface area contributed by atoms with Gasteiger partial charge in [-0.25, -0.2) is 0 Å². The predicted octanol–water partition coefficient (Wildman–Crippen LogP) is 1.45. The molecule has 0 amide bonds. The second-order valence-electron chi connectivity index (χ2n) is 4.75. The summed E-state index contributed by atoms with van der Waals surface area (Å²) in [5.41, 5.74) is 11.8. The van der Waals surface area contributed by atoms with E-state index in [0.29, 0.717) is 5.92 Å². The number of fused-ring (bicyclic) bond motifs is 2. The third-order valence-corrected chi connectivity index (χ3v) is 4.04. The average Bonchev–Trinajstić information content (AvgIpc) is 2.64. The molecule has 2 fully saturated rings. The summed E-state index contributed by atoms with van der Waals surface area (Å²) in [4.78, 5) is 0. The van der Waals surface area contributed by atoms with Gasteiger partial charge in [-0.2, -0.15) is 0 Å². The Bertz CT molecular complexity index is 177. The summed E-state index contributed by atoms with van der Waals surface area (Å²) in [6, 6.07) is 0. The van der Waals surface area contributed by atoms with Crippen molar-refractivity contribution in [3.63, 3.8) is 0 Å². The first kappa shape index (κ1) is 8.52. The van der Waals surface area contributed by atoms with Crippen LogP contribution < -0.4 is 11.5 Å². The van der Waals surface area contributed by atoms with Gasteiger partial charge in [-0.05, 0) is 43.4 Å². The standard InChI is InChI=1S/C10H20N2/c1-2-10(11,12)9-6-7-3-4-8(9)5-7/h7-9H,2-6,11-12H2,1H3. The summed E-state index contributed by atoms with van der Waals surface area (Å²) >= 11 is 0. The van der Waals surface area contributed by atoms with Crippen LogP contribution in [0, 0.1) is 17.8 Å². The number of hydrogen-bond acceptors (Lipinski definition) is 2. The highest BCUT2D eigenvalue weighted by Gasteiger charge is 2.46. The molecule has 2 saturated carbocycles. The predicted molar refractivity (Wildman–Crippen MR) is 50.3 cm³/mol. The number of hydrogen-bond donors (Lipinski definition) is 2. The van der Waals surface area contributed by atoms with Crippen LogP contribution >= 0.6 is 0 Å². The van der Waals surface area contributed by atoms with Crippen LogP contribution in [0.1, 0.15) is 39.0 Å². The van der Waals surface area contributed by atoms with Gasteiger partial charge >= 0.3 is 0 Å². The molecule has 2 rings (SSSR count). The molecule has 0 aromatic heterocycles. The van der Waals surface area contributed by atoms with Crippen LogP contribution in [0.25, 0.3) is 0 Å². The van der Waals surface area contributed by atoms with Crippen molar-refractivity contribution in [2.45, 2.75) is 44.7 Å². The van der Waals surface area contributed by atoms with E-state index in [2.05, 4.69) is 6.92 Å². The fourth-order valence-electron chi connectivity index (χ4n) is 3.17. The van der Waals surface area contributed by atoms with Gasteiger partial charge in [0.1, 0.15) is 0 Å². The lowest BCUT2D eigenvalue weighted by molar-refractivity contribution is 0.186. The first-order valence-corrected chi connectivity index (χ1v) is 5.21. The molecule has 0 radical (unpaired) electrons. The van der Waals surface area contributed by atoms with Crippen LogP contribution in [0.4, 0.5) is 0 Å². The molecule has 3 atom stereocenters. The van der Waals surface area contributed by atoms with Crippen molar-refractivity contribution in [3.8, 4) is 0 Å². The van der Waals surface area contributed by atoms with E-state index in [-0.39, 0.29) is 5.66 Å². The first-order valence-electron chi connectivity index (χ1n) is 5.21. The Balaban J connectivity index is 2.06. The lowest BCUT2D eigenvalue weighted by Gasteiger charge is -2.36. The van der Waals surface area contributed by atoms with Crippen LogP contribution in [0.5, 0.6) is 0 Å². The number of nitrogens with two attached hydrogens (primary N) is 2. The highest BCUT2D eigenvalue weighted by molar-refractivity contribution is 4.98. The lowest BCUT2D eigenvalue weighted by atomic mass is 9.79. The lowest BCUT2D eigenvalue weighted by Crippen LogP contribution is -2.56. The van der Waals surface area contributed by atoms with Crippen molar-refractivity contribution in [2.75, 3.05) is 0 Å². The molecule has 2 heteroatoms. The van der Waals surface area contributed by atoms with Crippen molar-refractivity contribution in [3.05, 3.63) is 0 Å². The van der Waals surface area contributed by atoms with Gasteiger partial charge < -0.3 is 11.5 Å². The maximum absolute atomic E-state index is 6.09. The van der Waals surface area contributed by atoms with Gasteiger partial charge in [-0.15, -0.1) is 0 Å². The molecule has 3 unspecified atom stereocenters. The molecule has 2 aliphatic carbocycles. The minimum Gasteiger partial charge on any atom is -0.313 e. The van der Waals surface area contributed by atoms with Gasteiger partial charge in [-0.1, -0.05) is 13.3 Å². The van der Waals surface area contributed by atoms with E-state index in [9.17, 15) is 0 Å². The first-order chi connectivity index (χ1) is 5.63. The second-order valence-corrected chi connectivity index (χ2v) is 4.75. The molecule has 70 valence electrons. The van der Waals surface area contributed by atoms with Gasteiger partial charge in [0.05, 0.1) is 5.66 Å². The Morgan fingerprint density at radius 3 is 2.42 bits per heavy atom. The molecule has 4 N–H and O–H groups in total. The zero-order valence-corrected chi connectivity index (χ0v) is 7.92. The summed E-state index contributed by atoms with van der Waals surface area (Å²) in [5.74, 6) is 2.42. The Morgan fingerprint density at radius 2 is 2.00 bits per heavy atom. The van der Waals surface area contributed by atoms with Crippen molar-refractivity contribution in [1.29, 1.82) is 0 Å². The van der Waals surface area contributed by atoms with Crippen LogP contribution in [-0.4, -0.2) is 5.66 Å². The summed E-state index contributed by atoms with van der Waals surface area (Å²) in [6.45, 7) is 2.10. The van der Waals surface area contributed by atoms with E-state index in [0.717, 1.165) is 18.3 Å². The van der Waals surface area contributed by atoms with Crippen molar-refractivity contribution >= 4 is 0 Å². The smallest absolute Gasteiger partial charge is 0.0665 e. The summed E-state index contributed by atoms with van der Waals surface area (Å²) < 4.78 is 0. The maximum atomic E-state index is 6.09. The van der Waals surface area contributed by atoms with Gasteiger partial charge in [0.25, 0.3) is 0 Å². The summed E-state index contributed by atoms with van der Waals surface area (Å²) in [5, 5.41) is 0. The van der Waals surface area contributed by atoms with E-state index in [1.54, 1.807) is 0 Å². The minimum absolute atomic E-state index is 0.375. The number of rotatable bonds is 2. The quantitative estimate of drug-likeness (QED) is 0.613. The molecule has 2 nitrogen and oxygen atoms in total. The van der Waals surface area contributed by atoms with E-state index in [4.69, 9.17) is 11.5 Å². The zero-order valence-electron chi connectivity index (χ0n) is 7.92. The van der Waals surface area contributed by atoms with Crippen LogP contribution in [-0.2, 0) is 0 Å². The Kier molecular flexibility index (Phi) is 1.92. The van der Waals surface area contributed by atoms with Crippen molar-refractivity contribution < 1.29 is 0 Å². The zero-order chi connectivity index (χ0) is 8.77. The van der Waals surface area contributed by atoms with Crippen molar-refractivity contribution in [1.82, 2.24) is 0 Å². The molecule has 0 aliphatic heterocycles. The van der Waals surface area contributed by atoms with E-state index < -0.39 is 0 Å². The molecule has 0 heterocycles. The normalized spacial score (nSPS) is 40.8. The molecule has 0 spiro atoms. The molecule has 0 saturated heterocycles. The molecule has 2 bridgehead atoms. The van der Waals surface area contributed by atoms with Crippen LogP contribution in [0.3, 0.4) is 0 Å². The highest BCUT2D eigenvalue weighted by atomic mass is 15.0. The molecule has 0 aromatic rings. The van der Waals surface area contributed by atoms with Gasteiger partial charge in [0.2, 0.25) is 0 Å². The Morgan fingerprint density at radius 1 is 1.25 bits per heavy atom. The topological polar surface area (TPSA) is 52.0 Å². The molecular weight excluding hydrogens is 148 g/mol. The molecule has 0 aromatic carbocycles. The summed E-state index contributed by atoms with van der Waals surface area (Å²) in [7, 11) is 0. The molecular formula is C10H20N2. The van der Waals surface area contributed by atoms with Gasteiger partial charge in [-0.3, -0.25) is 0 Å². The fraction of sp³-hybridized carbons (Fsp3) is 1.00. The van der Waals surface area contributed by atoms with Crippen LogP contribution in [0.2, 0.25) is 0 Å². The van der Waals surface area contributed by atoms with Crippen molar-refractivity contribution in [2.24, 2.45) is 29.2 Å². The average molecular weight is 168 g/mol. The third-order valence-electron chi connectivity index (χ3n) is 4.04. The third kappa shape index (κ3) is 1.17. The monoisotopic (exact) mass is 168 g/mol. The van der Waals surface area contributed by atoms with Gasteiger partial charge in [0, 0.05) is 0 Å². The Hall–Kier alpha value is -0.0800. The largest absolute Gasteiger partial charge is 0.313 e. The maximum Gasteiger partial charge on any atom is 0.0665 e. The molecule has 2 aliphatic rings. The highest BCUT2D eigenvalue weighted by Crippen LogP contribution is 2.51. The van der Waals surface area contributed by atoms with E-state index in [1.807, 2.05) is 0 Å². The fourth-order valence-corrected chi connectivity index (χ4v) is 3.17. The SMILES string of the molecule is CCC(N)(N)C1CC2CCC1C2.